The highest BCUT2D eigenvalue weighted by Gasteiger charge is 2.27. The Hall–Kier alpha value is -2.26. The van der Waals surface area contributed by atoms with Crippen molar-refractivity contribution >= 4 is 28.3 Å². The van der Waals surface area contributed by atoms with E-state index in [4.69, 9.17) is 4.74 Å². The third kappa shape index (κ3) is 4.47. The molecule has 0 bridgehead atoms. The SMILES string of the molecule is CCOC(=O)c1cn(CN2CCCC(C(=O)Nc3nccs3)C2)nc1C. The first-order chi connectivity index (χ1) is 12.6. The van der Waals surface area contributed by atoms with E-state index in [1.54, 1.807) is 30.9 Å². The van der Waals surface area contributed by atoms with Gasteiger partial charge in [-0.2, -0.15) is 5.10 Å². The molecule has 1 unspecified atom stereocenters. The first-order valence-electron chi connectivity index (χ1n) is 8.70. The van der Waals surface area contributed by atoms with Crippen LogP contribution in [0.25, 0.3) is 0 Å². The topological polar surface area (TPSA) is 89.4 Å². The third-order valence-corrected chi connectivity index (χ3v) is 5.01. The molecule has 3 heterocycles. The largest absolute Gasteiger partial charge is 0.462 e. The molecule has 0 spiro atoms. The van der Waals surface area contributed by atoms with E-state index < -0.39 is 0 Å². The Morgan fingerprint density at radius 2 is 2.31 bits per heavy atom. The average molecular weight is 377 g/mol. The van der Waals surface area contributed by atoms with Crippen LogP contribution >= 0.6 is 11.3 Å². The number of piperidine rings is 1. The second kappa shape index (κ2) is 8.41. The molecule has 0 radical (unpaired) electrons. The van der Waals surface area contributed by atoms with Crippen LogP contribution < -0.4 is 5.32 Å². The van der Waals surface area contributed by atoms with Gasteiger partial charge in [-0.25, -0.2) is 9.78 Å². The number of likely N-dealkylation sites (tertiary alicyclic amines) is 1. The summed E-state index contributed by atoms with van der Waals surface area (Å²) in [7, 11) is 0. The Morgan fingerprint density at radius 1 is 1.46 bits per heavy atom. The fourth-order valence-electron chi connectivity index (χ4n) is 3.10. The summed E-state index contributed by atoms with van der Waals surface area (Å²) < 4.78 is 6.79. The molecule has 8 nitrogen and oxygen atoms in total. The number of nitrogens with zero attached hydrogens (tertiary/aromatic N) is 4. The molecule has 1 saturated heterocycles. The molecule has 1 N–H and O–H groups in total. The van der Waals surface area contributed by atoms with E-state index in [1.807, 2.05) is 5.38 Å². The van der Waals surface area contributed by atoms with Crippen molar-refractivity contribution < 1.29 is 14.3 Å². The second-order valence-corrected chi connectivity index (χ2v) is 7.17. The summed E-state index contributed by atoms with van der Waals surface area (Å²) in [6, 6.07) is 0. The maximum Gasteiger partial charge on any atom is 0.341 e. The lowest BCUT2D eigenvalue weighted by Gasteiger charge is -2.31. The van der Waals surface area contributed by atoms with Crippen molar-refractivity contribution in [2.75, 3.05) is 25.0 Å². The molecule has 1 atom stereocenters. The molecule has 140 valence electrons. The molecule has 3 rings (SSSR count). The number of aromatic nitrogens is 3. The highest BCUT2D eigenvalue weighted by molar-refractivity contribution is 7.13. The number of anilines is 1. The van der Waals surface area contributed by atoms with Crippen molar-refractivity contribution in [1.82, 2.24) is 19.7 Å². The Labute approximate surface area is 156 Å². The molecule has 1 fully saturated rings. The molecule has 1 aliphatic rings. The third-order valence-electron chi connectivity index (χ3n) is 4.33. The summed E-state index contributed by atoms with van der Waals surface area (Å²) in [6.45, 7) is 6.01. The zero-order valence-electron chi connectivity index (χ0n) is 15.0. The highest BCUT2D eigenvalue weighted by Crippen LogP contribution is 2.20. The van der Waals surface area contributed by atoms with Crippen molar-refractivity contribution in [2.45, 2.75) is 33.4 Å². The van der Waals surface area contributed by atoms with Gasteiger partial charge in [0, 0.05) is 24.3 Å². The zero-order chi connectivity index (χ0) is 18.5. The van der Waals surface area contributed by atoms with E-state index in [1.165, 1.54) is 11.3 Å². The Balaban J connectivity index is 1.59. The number of rotatable bonds is 6. The predicted molar refractivity (Wildman–Crippen MR) is 98.0 cm³/mol. The van der Waals surface area contributed by atoms with Crippen LogP contribution in [0.5, 0.6) is 0 Å². The number of esters is 1. The second-order valence-electron chi connectivity index (χ2n) is 6.27. The normalized spacial score (nSPS) is 17.8. The van der Waals surface area contributed by atoms with Crippen LogP contribution in [-0.4, -0.2) is 51.2 Å². The number of hydrogen-bond donors (Lipinski definition) is 1. The zero-order valence-corrected chi connectivity index (χ0v) is 15.8. The van der Waals surface area contributed by atoms with Crippen molar-refractivity contribution in [2.24, 2.45) is 5.92 Å². The van der Waals surface area contributed by atoms with E-state index in [0.717, 1.165) is 19.4 Å². The number of nitrogens with one attached hydrogen (secondary N) is 1. The summed E-state index contributed by atoms with van der Waals surface area (Å²) in [5, 5.41) is 9.75. The van der Waals surface area contributed by atoms with Gasteiger partial charge in [0.15, 0.2) is 5.13 Å². The Bertz CT molecular complexity index is 759. The van der Waals surface area contributed by atoms with Gasteiger partial charge in [-0.3, -0.25) is 14.4 Å². The smallest absolute Gasteiger partial charge is 0.341 e. The van der Waals surface area contributed by atoms with Crippen LogP contribution in [0.1, 0.15) is 35.8 Å². The van der Waals surface area contributed by atoms with Gasteiger partial charge >= 0.3 is 5.97 Å². The minimum absolute atomic E-state index is 0.00788. The van der Waals surface area contributed by atoms with Crippen LogP contribution in [0.3, 0.4) is 0 Å². The average Bonchev–Trinajstić information content (AvgIpc) is 3.25. The van der Waals surface area contributed by atoms with Gasteiger partial charge in [-0.05, 0) is 33.2 Å². The van der Waals surface area contributed by atoms with Crippen molar-refractivity contribution in [1.29, 1.82) is 0 Å². The summed E-state index contributed by atoms with van der Waals surface area (Å²) >= 11 is 1.42. The Kier molecular flexibility index (Phi) is 6.00. The standard InChI is InChI=1S/C17H23N5O3S/c1-3-25-16(24)14-10-22(20-12(14)2)11-21-7-4-5-13(9-21)15(23)19-17-18-6-8-26-17/h6,8,10,13H,3-5,7,9,11H2,1-2H3,(H,18,19,23). The molecular formula is C17H23N5O3S. The fourth-order valence-corrected chi connectivity index (χ4v) is 3.63. The van der Waals surface area contributed by atoms with E-state index in [-0.39, 0.29) is 17.8 Å². The molecule has 0 aliphatic carbocycles. The van der Waals surface area contributed by atoms with Crippen LogP contribution in [0.2, 0.25) is 0 Å². The van der Waals surface area contributed by atoms with Crippen LogP contribution in [0, 0.1) is 12.8 Å². The van der Waals surface area contributed by atoms with Gasteiger partial charge < -0.3 is 10.1 Å². The first-order valence-corrected chi connectivity index (χ1v) is 9.58. The number of hydrogen-bond acceptors (Lipinski definition) is 7. The minimum Gasteiger partial charge on any atom is -0.462 e. The van der Waals surface area contributed by atoms with Gasteiger partial charge in [-0.1, -0.05) is 0 Å². The maximum absolute atomic E-state index is 12.4. The van der Waals surface area contributed by atoms with Gasteiger partial charge in [0.25, 0.3) is 0 Å². The predicted octanol–water partition coefficient (Wildman–Crippen LogP) is 2.13. The molecule has 0 aromatic carbocycles. The van der Waals surface area contributed by atoms with Gasteiger partial charge in [0.05, 0.1) is 24.9 Å². The lowest BCUT2D eigenvalue weighted by atomic mass is 9.97. The van der Waals surface area contributed by atoms with Gasteiger partial charge in [0.2, 0.25) is 5.91 Å². The molecular weight excluding hydrogens is 354 g/mol. The Morgan fingerprint density at radius 3 is 3.04 bits per heavy atom. The summed E-state index contributed by atoms with van der Waals surface area (Å²) in [6.07, 6.45) is 5.20. The molecule has 2 aromatic rings. The number of aryl methyl sites for hydroxylation is 1. The van der Waals surface area contributed by atoms with E-state index in [2.05, 4.69) is 20.3 Å². The lowest BCUT2D eigenvalue weighted by Crippen LogP contribution is -2.41. The van der Waals surface area contributed by atoms with Gasteiger partial charge in [-0.15, -0.1) is 11.3 Å². The quantitative estimate of drug-likeness (QED) is 0.776. The van der Waals surface area contributed by atoms with Crippen molar-refractivity contribution in [3.8, 4) is 0 Å². The fraction of sp³-hybridized carbons (Fsp3) is 0.529. The molecule has 2 aromatic heterocycles. The minimum atomic E-state index is -0.351. The summed E-state index contributed by atoms with van der Waals surface area (Å²) in [5.41, 5.74) is 1.14. The summed E-state index contributed by atoms with van der Waals surface area (Å²) in [5.74, 6) is -0.419. The highest BCUT2D eigenvalue weighted by atomic mass is 32.1. The summed E-state index contributed by atoms with van der Waals surface area (Å²) in [4.78, 5) is 30.6. The molecule has 0 saturated carbocycles. The maximum atomic E-state index is 12.4. The van der Waals surface area contributed by atoms with Gasteiger partial charge in [0.1, 0.15) is 5.56 Å². The first kappa shape index (κ1) is 18.5. The lowest BCUT2D eigenvalue weighted by molar-refractivity contribution is -0.121. The van der Waals surface area contributed by atoms with Crippen molar-refractivity contribution in [3.05, 3.63) is 29.0 Å². The number of carbonyl (C=O) groups is 2. The number of ether oxygens (including phenoxy) is 1. The monoisotopic (exact) mass is 377 g/mol. The number of carbonyl (C=O) groups excluding carboxylic acids is 2. The van der Waals surface area contributed by atoms with E-state index in [9.17, 15) is 9.59 Å². The molecule has 1 amide bonds. The van der Waals surface area contributed by atoms with Crippen LogP contribution in [-0.2, 0) is 16.2 Å². The molecule has 26 heavy (non-hydrogen) atoms. The van der Waals surface area contributed by atoms with E-state index >= 15 is 0 Å². The van der Waals surface area contributed by atoms with Crippen LogP contribution in [0.4, 0.5) is 5.13 Å². The molecule has 1 aliphatic heterocycles. The molecule has 9 heteroatoms. The van der Waals surface area contributed by atoms with E-state index in [0.29, 0.717) is 36.2 Å². The van der Waals surface area contributed by atoms with Crippen molar-refractivity contribution in [3.63, 3.8) is 0 Å². The number of amides is 1. The van der Waals surface area contributed by atoms with Crippen LogP contribution in [0.15, 0.2) is 17.8 Å². The number of thiazole rings is 1.